The highest BCUT2D eigenvalue weighted by Crippen LogP contribution is 2.23. The summed E-state index contributed by atoms with van der Waals surface area (Å²) in [6, 6.07) is -10.3. The molecule has 1 saturated heterocycles. The molecule has 2 aromatic carbocycles. The van der Waals surface area contributed by atoms with Gasteiger partial charge < -0.3 is 149 Å². The van der Waals surface area contributed by atoms with Gasteiger partial charge in [-0.05, 0) is 164 Å². The van der Waals surface area contributed by atoms with E-state index in [1.807, 2.05) is 0 Å². The van der Waals surface area contributed by atoms with Crippen LogP contribution in [0.25, 0.3) is 0 Å². The van der Waals surface area contributed by atoms with Crippen molar-refractivity contribution in [3.05, 3.63) is 59.7 Å². The molecule has 129 heavy (non-hydrogen) atoms. The standard InChI is InChI=1S/C82H133N21O25S/c1-6-44(3)66(100-78(123)61-21-16-34-103(61)81(126)57(36-48-24-28-50(108)29-25-48)92-63(110)38-89-71(116)56(37-65(112)113)96-69(114)51(87)17-8-12-30-83)80(125)97-55(35-47-22-26-49(107)27-23-47)74(119)99-59(42-105)76(121)102-68(46(5)106)79(124)90-40-62(109)91-53(19-10-14-32-85)72(117)98-58(41-104)75(120)94-52(18-9-13-31-84)70(115)88-39-64(111)93-60(43-129)77(122)95-54(20-11-15-33-86)73(118)101-67(82(127)128)45(4)7-2/h22-29,44-46,51-61,66-68,104-108,129H,6-21,30-43,83-87H2,1-5H3,(H,88,115)(H,89,116)(H,90,124)(H,91,109)(H,92,110)(H,93,111)(H,94,120)(H,95,122)(H,96,114)(H,97,125)(H,98,117)(H,99,119)(H,100,123)(H,101,118)(H,102,121)(H,112,113)(H,127,128)/t44-,45-,46+,51-,52-,53-,54-,55-,56-,57-,58-,59-,60-,61-,66-,67-,68-/m0/s1. The van der Waals surface area contributed by atoms with Crippen molar-refractivity contribution in [1.29, 1.82) is 0 Å². The van der Waals surface area contributed by atoms with Crippen LogP contribution < -0.4 is 108 Å². The van der Waals surface area contributed by atoms with Gasteiger partial charge in [-0.15, -0.1) is 0 Å². The Morgan fingerprint density at radius 1 is 0.419 bits per heavy atom. The Balaban J connectivity index is 1.79. The number of aliphatic hydroxyl groups excluding tert-OH is 3. The second-order valence-corrected chi connectivity index (χ2v) is 31.9. The quantitative estimate of drug-likeness (QED) is 0.0216. The van der Waals surface area contributed by atoms with Gasteiger partial charge in [-0.3, -0.25) is 81.5 Å². The highest BCUT2D eigenvalue weighted by Gasteiger charge is 2.42. The molecule has 16 amide bonds. The van der Waals surface area contributed by atoms with Gasteiger partial charge in [0.1, 0.15) is 90.0 Å². The number of aliphatic carboxylic acids is 2. The summed E-state index contributed by atoms with van der Waals surface area (Å²) in [4.78, 5) is 247. The number of unbranched alkanes of at least 4 members (excludes halogenated alkanes) is 4. The van der Waals surface area contributed by atoms with Crippen LogP contribution in [-0.2, 0) is 99.1 Å². The summed E-state index contributed by atoms with van der Waals surface area (Å²) in [5, 5.41) is 108. The van der Waals surface area contributed by atoms with E-state index in [2.05, 4.69) is 92.4 Å². The number of carboxylic acid groups (broad SMARTS) is 2. The summed E-state index contributed by atoms with van der Waals surface area (Å²) in [6.07, 6.45) is 0.558. The van der Waals surface area contributed by atoms with E-state index in [9.17, 15) is 122 Å². The number of benzene rings is 2. The minimum absolute atomic E-state index is 0.0373. The Morgan fingerprint density at radius 2 is 0.783 bits per heavy atom. The van der Waals surface area contributed by atoms with Crippen LogP contribution >= 0.6 is 12.6 Å². The Hall–Kier alpha value is -11.5. The van der Waals surface area contributed by atoms with Crippen LogP contribution in [0.5, 0.6) is 11.5 Å². The second kappa shape index (κ2) is 59.6. The van der Waals surface area contributed by atoms with E-state index < -0.39 is 248 Å². The largest absolute Gasteiger partial charge is 0.508 e. The molecule has 0 spiro atoms. The van der Waals surface area contributed by atoms with Crippen LogP contribution in [0, 0.1) is 11.8 Å². The maximum atomic E-state index is 14.7. The van der Waals surface area contributed by atoms with Crippen LogP contribution in [0.4, 0.5) is 0 Å². The fourth-order valence-corrected chi connectivity index (χ4v) is 13.6. The van der Waals surface area contributed by atoms with E-state index in [0.29, 0.717) is 62.6 Å². The van der Waals surface area contributed by atoms with Crippen molar-refractivity contribution >= 4 is 119 Å². The Kier molecular flexibility index (Phi) is 51.6. The molecule has 47 heteroatoms. The third kappa shape index (κ3) is 40.0. The zero-order valence-electron chi connectivity index (χ0n) is 73.4. The monoisotopic (exact) mass is 1840 g/mol. The number of carbonyl (C=O) groups excluding carboxylic acids is 16. The molecule has 0 unspecified atom stereocenters. The lowest BCUT2D eigenvalue weighted by atomic mass is 9.96. The molecule has 32 N–H and O–H groups in total. The SMILES string of the molecule is CC[C@H](C)[C@H](NC(=O)[C@H](CCCCN)NC(=O)[C@H](CS)NC(=O)CNC(=O)[C@H](CCCCN)NC(=O)[C@H](CO)NC(=O)[C@H](CCCCN)NC(=O)CNC(=O)[C@@H](NC(=O)[C@H](CO)NC(=O)[C@H](Cc1ccc(O)cc1)NC(=O)[C@@H](NC(=O)[C@@H]1CCCN1C(=O)[C@H](Cc1ccc(O)cc1)NC(=O)CNC(=O)[C@H](CC(=O)O)NC(=O)[C@@H](N)CCCCN)[C@@H](C)CC)[C@@H](C)O)C(=O)O. The third-order valence-corrected chi connectivity index (χ3v) is 21.7. The van der Waals surface area contributed by atoms with Crippen LogP contribution in [0.1, 0.15) is 155 Å². The van der Waals surface area contributed by atoms with Crippen molar-refractivity contribution in [3.63, 3.8) is 0 Å². The Labute approximate surface area is 752 Å². The zero-order chi connectivity index (χ0) is 96.6. The molecular formula is C82H133N21O25S. The number of carboxylic acids is 2. The number of amides is 16. The highest BCUT2D eigenvalue weighted by molar-refractivity contribution is 7.80. The third-order valence-electron chi connectivity index (χ3n) is 21.3. The van der Waals surface area contributed by atoms with Crippen LogP contribution in [0.2, 0.25) is 0 Å². The molecule has 0 bridgehead atoms. The number of thiol groups is 1. The molecule has 1 heterocycles. The van der Waals surface area contributed by atoms with Gasteiger partial charge >= 0.3 is 11.9 Å². The molecule has 0 aliphatic carbocycles. The summed E-state index contributed by atoms with van der Waals surface area (Å²) >= 11 is 4.18. The van der Waals surface area contributed by atoms with Gasteiger partial charge in [0.15, 0.2) is 0 Å². The summed E-state index contributed by atoms with van der Waals surface area (Å²) in [7, 11) is 0. The van der Waals surface area contributed by atoms with Crippen molar-refractivity contribution in [2.75, 3.05) is 71.3 Å². The van der Waals surface area contributed by atoms with E-state index >= 15 is 0 Å². The molecular weight excluding hydrogens is 1710 g/mol. The minimum Gasteiger partial charge on any atom is -0.508 e. The number of rotatable bonds is 62. The first kappa shape index (κ1) is 112. The minimum atomic E-state index is -1.96. The number of aromatic hydroxyl groups is 2. The maximum Gasteiger partial charge on any atom is 0.326 e. The number of likely N-dealkylation sites (tertiary alicyclic amines) is 1. The van der Waals surface area contributed by atoms with Gasteiger partial charge in [0.2, 0.25) is 94.5 Å². The molecule has 1 aliphatic heterocycles. The van der Waals surface area contributed by atoms with Gasteiger partial charge in [-0.1, -0.05) is 71.2 Å². The van der Waals surface area contributed by atoms with E-state index in [-0.39, 0.29) is 114 Å². The van der Waals surface area contributed by atoms with Crippen molar-refractivity contribution in [3.8, 4) is 11.5 Å². The van der Waals surface area contributed by atoms with Gasteiger partial charge in [-0.2, -0.15) is 12.6 Å². The van der Waals surface area contributed by atoms with E-state index in [4.69, 9.17) is 28.7 Å². The van der Waals surface area contributed by atoms with Crippen molar-refractivity contribution < 1.29 is 122 Å². The predicted molar refractivity (Wildman–Crippen MR) is 469 cm³/mol. The number of nitrogens with two attached hydrogens (primary N) is 5. The highest BCUT2D eigenvalue weighted by atomic mass is 32.1. The molecule has 2 aromatic rings. The van der Waals surface area contributed by atoms with Gasteiger partial charge in [0, 0.05) is 25.1 Å². The van der Waals surface area contributed by atoms with Gasteiger partial charge in [0.05, 0.1) is 51.4 Å². The first-order chi connectivity index (χ1) is 61.2. The summed E-state index contributed by atoms with van der Waals surface area (Å²) in [5.74, 6) is -20.4. The zero-order valence-corrected chi connectivity index (χ0v) is 74.3. The first-order valence-corrected chi connectivity index (χ1v) is 43.7. The number of nitrogens with one attached hydrogen (secondary N) is 15. The molecule has 722 valence electrons. The van der Waals surface area contributed by atoms with Crippen molar-refractivity contribution in [1.82, 2.24) is 84.7 Å². The van der Waals surface area contributed by atoms with Crippen LogP contribution in [0.15, 0.2) is 48.5 Å². The van der Waals surface area contributed by atoms with Gasteiger partial charge in [0.25, 0.3) is 0 Å². The Bertz CT molecular complexity index is 4030. The predicted octanol–water partition coefficient (Wildman–Crippen LogP) is -8.17. The number of carbonyl (C=O) groups is 18. The van der Waals surface area contributed by atoms with Crippen LogP contribution in [0.3, 0.4) is 0 Å². The molecule has 17 atom stereocenters. The summed E-state index contributed by atoms with van der Waals surface area (Å²) in [5.41, 5.74) is 29.3. The van der Waals surface area contributed by atoms with E-state index in [1.165, 1.54) is 53.4 Å². The van der Waals surface area contributed by atoms with E-state index in [0.717, 1.165) is 6.92 Å². The number of aliphatic hydroxyl groups is 3. The maximum absolute atomic E-state index is 14.7. The van der Waals surface area contributed by atoms with Gasteiger partial charge in [-0.25, -0.2) is 4.79 Å². The number of hydrogen-bond donors (Lipinski definition) is 28. The molecule has 3 rings (SSSR count). The van der Waals surface area contributed by atoms with Crippen molar-refractivity contribution in [2.45, 2.75) is 247 Å². The smallest absolute Gasteiger partial charge is 0.326 e. The molecule has 0 aromatic heterocycles. The molecule has 1 aliphatic rings. The normalized spacial score (nSPS) is 16.0. The fourth-order valence-electron chi connectivity index (χ4n) is 13.3. The lowest BCUT2D eigenvalue weighted by molar-refractivity contribution is -0.144. The first-order valence-electron chi connectivity index (χ1n) is 43.1. The number of phenols is 2. The molecule has 1 fully saturated rings. The van der Waals surface area contributed by atoms with Crippen molar-refractivity contribution in [2.24, 2.45) is 40.5 Å². The van der Waals surface area contributed by atoms with E-state index in [1.54, 1.807) is 27.7 Å². The lowest BCUT2D eigenvalue weighted by Gasteiger charge is -2.31. The Morgan fingerprint density at radius 3 is 1.23 bits per heavy atom. The second-order valence-electron chi connectivity index (χ2n) is 31.5. The molecule has 0 radical (unpaired) electrons. The number of hydrogen-bond acceptors (Lipinski definition) is 29. The number of phenolic OH excluding ortho intramolecular Hbond substituents is 2. The topological polar surface area (TPSA) is 763 Å². The molecule has 46 nitrogen and oxygen atoms in total. The number of nitrogens with zero attached hydrogens (tertiary/aromatic N) is 1. The lowest BCUT2D eigenvalue weighted by Crippen LogP contribution is -2.62. The van der Waals surface area contributed by atoms with Crippen LogP contribution in [-0.4, -0.2) is 309 Å². The average molecular weight is 1850 g/mol. The summed E-state index contributed by atoms with van der Waals surface area (Å²) in [6.45, 7) is 3.74. The molecule has 0 saturated carbocycles. The summed E-state index contributed by atoms with van der Waals surface area (Å²) < 4.78 is 0. The fraction of sp³-hybridized carbons (Fsp3) is 0.634. The average Bonchev–Trinajstić information content (AvgIpc) is 1.71.